The quantitative estimate of drug-likeness (QED) is 0.109. The lowest BCUT2D eigenvalue weighted by Gasteiger charge is -2.28. The Labute approximate surface area is 417 Å². The molecule has 0 aromatic heterocycles. The van der Waals surface area contributed by atoms with Gasteiger partial charge in [0.1, 0.15) is 5.82 Å². The first-order chi connectivity index (χ1) is 31.8. The molecule has 0 amide bonds. The molecule has 0 unspecified atom stereocenters. The van der Waals surface area contributed by atoms with E-state index >= 15 is 0 Å². The van der Waals surface area contributed by atoms with Crippen molar-refractivity contribution in [3.05, 3.63) is 131 Å². The Balaban J connectivity index is 0.000000296. The molecule has 0 saturated carbocycles. The van der Waals surface area contributed by atoms with Crippen LogP contribution in [-0.4, -0.2) is 116 Å². The number of nitrogens with one attached hydrogen (secondary N) is 5. The molecule has 5 N–H and O–H groups in total. The van der Waals surface area contributed by atoms with Gasteiger partial charge in [0, 0.05) is 92.5 Å². The van der Waals surface area contributed by atoms with Crippen LogP contribution in [0.2, 0.25) is 0 Å². The summed E-state index contributed by atoms with van der Waals surface area (Å²) in [4.78, 5) is 4.99. The second kappa shape index (κ2) is 31.2. The van der Waals surface area contributed by atoms with Crippen LogP contribution < -0.4 is 26.6 Å². The van der Waals surface area contributed by atoms with Crippen molar-refractivity contribution in [1.29, 1.82) is 0 Å². The highest BCUT2D eigenvalue weighted by Gasteiger charge is 2.18. The molecule has 1 aliphatic carbocycles. The third kappa shape index (κ3) is 33.3. The first-order valence-electron chi connectivity index (χ1n) is 25.7. The summed E-state index contributed by atoms with van der Waals surface area (Å²) < 4.78 is 17.8. The molecule has 9 heteroatoms. The third-order valence-electron chi connectivity index (χ3n) is 11.1. The maximum Gasteiger partial charge on any atom is 0.123 e. The molecular weight excluding hydrogens is 842 g/mol. The lowest BCUT2D eigenvalue weighted by Crippen LogP contribution is -2.44. The summed E-state index contributed by atoms with van der Waals surface area (Å²) >= 11 is 0. The summed E-state index contributed by atoms with van der Waals surface area (Å²) in [7, 11) is 0. The molecule has 6 rings (SSSR count). The van der Waals surface area contributed by atoms with Gasteiger partial charge < -0.3 is 36.2 Å². The van der Waals surface area contributed by atoms with Crippen LogP contribution in [0.5, 0.6) is 0 Å². The van der Waals surface area contributed by atoms with Gasteiger partial charge in [0.25, 0.3) is 0 Å². The molecule has 2 aliphatic heterocycles. The normalized spacial score (nSPS) is 15.8. The minimum absolute atomic E-state index is 0.106. The maximum atomic E-state index is 12.5. The van der Waals surface area contributed by atoms with Crippen molar-refractivity contribution >= 4 is 0 Å². The fourth-order valence-electron chi connectivity index (χ4n) is 7.19. The zero-order valence-corrected chi connectivity index (χ0v) is 45.9. The van der Waals surface area contributed by atoms with Gasteiger partial charge in [0.2, 0.25) is 0 Å². The number of rotatable bonds is 14. The number of benzene rings is 3. The Kier molecular flexibility index (Phi) is 27.9. The van der Waals surface area contributed by atoms with Crippen LogP contribution in [-0.2, 0) is 11.3 Å². The van der Waals surface area contributed by atoms with Gasteiger partial charge in [0.15, 0.2) is 0 Å². The molecule has 0 radical (unpaired) electrons. The molecule has 2 heterocycles. The van der Waals surface area contributed by atoms with E-state index in [-0.39, 0.29) is 33.5 Å². The van der Waals surface area contributed by atoms with Crippen molar-refractivity contribution in [3.8, 4) is 0 Å². The molecule has 8 nitrogen and oxygen atoms in total. The minimum atomic E-state index is -0.181. The van der Waals surface area contributed by atoms with Crippen LogP contribution >= 0.6 is 0 Å². The SMILES string of the molecule is CC(C)(C)NCC(c1ccccc1)c1ccccc1.CC(C)(C)NCC1=CC=CC1.CC(C)(C)NCCN1CCCC1.CC(C)(C)NCCN1CCOCC1.CC(C)(C)NCc1ccc(F)cc1. The van der Waals surface area contributed by atoms with E-state index in [1.54, 1.807) is 12.1 Å². The topological polar surface area (TPSA) is 75.9 Å². The average Bonchev–Trinajstić information content (AvgIpc) is 3.99. The van der Waals surface area contributed by atoms with Gasteiger partial charge in [-0.15, -0.1) is 0 Å². The second-order valence-electron chi connectivity index (χ2n) is 23.7. The van der Waals surface area contributed by atoms with Crippen LogP contribution in [0.1, 0.15) is 146 Å². The molecule has 384 valence electrons. The van der Waals surface area contributed by atoms with Crippen molar-refractivity contribution in [2.45, 2.75) is 163 Å². The summed E-state index contributed by atoms with van der Waals surface area (Å²) in [6.45, 7) is 46.7. The predicted octanol–water partition coefficient (Wildman–Crippen LogP) is 11.4. The van der Waals surface area contributed by atoms with Crippen molar-refractivity contribution < 1.29 is 9.13 Å². The van der Waals surface area contributed by atoms with Crippen LogP contribution in [0.3, 0.4) is 0 Å². The van der Waals surface area contributed by atoms with Gasteiger partial charge in [-0.1, -0.05) is 96.6 Å². The van der Waals surface area contributed by atoms with Gasteiger partial charge in [-0.2, -0.15) is 0 Å². The standard InChI is InChI=1S/C18H23N.C11H16FN.C10H22N2O.C10H22N2.C10H17N/c1-18(2,3)19-14-17(15-10-6-4-7-11-15)16-12-8-5-9-13-16;1-11(2,3)13-8-9-4-6-10(12)7-5-9;1-10(2,3)11-4-5-12-6-8-13-9-7-12;1-10(2,3)11-6-9-12-7-4-5-8-12;1-10(2,3)11-8-9-6-4-5-7-9/h4-13,17,19H,14H2,1-3H3;4-7,13H,8H2,1-3H3;11H,4-9H2,1-3H3;11H,4-9H2,1-3H3;4-6,11H,7-8H2,1-3H3. The maximum absolute atomic E-state index is 12.5. The highest BCUT2D eigenvalue weighted by Crippen LogP contribution is 2.24. The minimum Gasteiger partial charge on any atom is -0.379 e. The highest BCUT2D eigenvalue weighted by molar-refractivity contribution is 5.33. The lowest BCUT2D eigenvalue weighted by atomic mass is 9.90. The molecule has 3 aromatic rings. The summed E-state index contributed by atoms with van der Waals surface area (Å²) in [5, 5.41) is 17.4. The van der Waals surface area contributed by atoms with Gasteiger partial charge in [-0.25, -0.2) is 4.39 Å². The Hall–Kier alpha value is -3.25. The summed E-state index contributed by atoms with van der Waals surface area (Å²) in [6.07, 6.45) is 10.4. The smallest absolute Gasteiger partial charge is 0.123 e. The van der Waals surface area contributed by atoms with E-state index in [1.165, 1.54) is 61.3 Å². The van der Waals surface area contributed by atoms with Crippen molar-refractivity contribution in [2.75, 3.05) is 78.7 Å². The Morgan fingerprint density at radius 3 is 1.35 bits per heavy atom. The number of ether oxygens (including phenoxy) is 1. The molecule has 3 aromatic carbocycles. The number of hydrogen-bond acceptors (Lipinski definition) is 8. The predicted molar refractivity (Wildman–Crippen MR) is 294 cm³/mol. The number of nitrogens with zero attached hydrogens (tertiary/aromatic N) is 2. The van der Waals surface area contributed by atoms with Gasteiger partial charge in [-0.3, -0.25) is 4.90 Å². The van der Waals surface area contributed by atoms with Crippen molar-refractivity contribution in [1.82, 2.24) is 36.4 Å². The van der Waals surface area contributed by atoms with Gasteiger partial charge in [0.05, 0.1) is 13.2 Å². The molecular formula is C59H100FN7O. The Morgan fingerprint density at radius 1 is 0.515 bits per heavy atom. The van der Waals surface area contributed by atoms with E-state index in [0.29, 0.717) is 5.92 Å². The number of hydrogen-bond donors (Lipinski definition) is 5. The summed E-state index contributed by atoms with van der Waals surface area (Å²) in [6, 6.07) is 28.0. The van der Waals surface area contributed by atoms with E-state index in [4.69, 9.17) is 4.74 Å². The summed E-state index contributed by atoms with van der Waals surface area (Å²) in [5.74, 6) is 0.223. The van der Waals surface area contributed by atoms with E-state index in [1.807, 2.05) is 0 Å². The molecule has 2 saturated heterocycles. The zero-order valence-electron chi connectivity index (χ0n) is 45.9. The fourth-order valence-corrected chi connectivity index (χ4v) is 7.19. The van der Waals surface area contributed by atoms with E-state index in [2.05, 4.69) is 219 Å². The number of allylic oxidation sites excluding steroid dienone is 3. The number of halogens is 1. The summed E-state index contributed by atoms with van der Waals surface area (Å²) in [5.41, 5.74) is 6.33. The van der Waals surface area contributed by atoms with Crippen molar-refractivity contribution in [3.63, 3.8) is 0 Å². The van der Waals surface area contributed by atoms with E-state index < -0.39 is 0 Å². The number of morpholine rings is 1. The molecule has 2 fully saturated rings. The van der Waals surface area contributed by atoms with E-state index in [0.717, 1.165) is 77.6 Å². The average molecular weight is 942 g/mol. The second-order valence-corrected chi connectivity index (χ2v) is 23.7. The van der Waals surface area contributed by atoms with Crippen molar-refractivity contribution in [2.24, 2.45) is 0 Å². The lowest BCUT2D eigenvalue weighted by molar-refractivity contribution is 0.0378. The van der Waals surface area contributed by atoms with Gasteiger partial charge in [-0.05, 0) is 165 Å². The highest BCUT2D eigenvalue weighted by atomic mass is 19.1. The molecule has 0 spiro atoms. The van der Waals surface area contributed by atoms with E-state index in [9.17, 15) is 4.39 Å². The Bertz CT molecular complexity index is 1730. The molecule has 0 atom stereocenters. The zero-order chi connectivity index (χ0) is 50.7. The molecule has 68 heavy (non-hydrogen) atoms. The third-order valence-corrected chi connectivity index (χ3v) is 11.1. The molecule has 3 aliphatic rings. The number of likely N-dealkylation sites (tertiary alicyclic amines) is 1. The first kappa shape index (κ1) is 60.9. The van der Waals surface area contributed by atoms with Gasteiger partial charge >= 0.3 is 0 Å². The largest absolute Gasteiger partial charge is 0.379 e. The van der Waals surface area contributed by atoms with Crippen LogP contribution in [0.25, 0.3) is 0 Å². The first-order valence-corrected chi connectivity index (χ1v) is 25.7. The van der Waals surface area contributed by atoms with Crippen LogP contribution in [0.15, 0.2) is 109 Å². The van der Waals surface area contributed by atoms with Crippen LogP contribution in [0.4, 0.5) is 4.39 Å². The van der Waals surface area contributed by atoms with Crippen LogP contribution in [0, 0.1) is 5.82 Å². The molecule has 0 bridgehead atoms. The monoisotopic (exact) mass is 942 g/mol. The Morgan fingerprint density at radius 2 is 0.941 bits per heavy atom. The fraction of sp³-hybridized carbons (Fsp3) is 0.627.